The third-order valence-electron chi connectivity index (χ3n) is 1.41. The molecule has 1 aromatic rings. The van der Waals surface area contributed by atoms with Gasteiger partial charge in [0.15, 0.2) is 5.84 Å². The van der Waals surface area contributed by atoms with Crippen molar-refractivity contribution in [3.05, 3.63) is 34.4 Å². The minimum Gasteiger partial charge on any atom is -0.409 e. The second-order valence-corrected chi connectivity index (χ2v) is 2.58. The quantitative estimate of drug-likeness (QED) is 0.242. The first-order chi connectivity index (χ1) is 6.07. The van der Waals surface area contributed by atoms with Crippen molar-refractivity contribution in [1.82, 2.24) is 0 Å². The molecule has 6 heteroatoms. The van der Waals surface area contributed by atoms with Crippen molar-refractivity contribution in [3.8, 4) is 0 Å². The Labute approximate surface area is 77.4 Å². The molecule has 1 aromatic carbocycles. The van der Waals surface area contributed by atoms with Gasteiger partial charge in [-0.25, -0.2) is 8.78 Å². The third-order valence-corrected chi connectivity index (χ3v) is 1.78. The number of nitrogens with two attached hydrogens (primary N) is 1. The fourth-order valence-corrected chi connectivity index (χ4v) is 1.06. The molecule has 70 valence electrons. The molecule has 1 rings (SSSR count). The van der Waals surface area contributed by atoms with E-state index in [0.29, 0.717) is 0 Å². The Bertz CT molecular complexity index is 368. The monoisotopic (exact) mass is 206 g/mol. The van der Waals surface area contributed by atoms with Crippen LogP contribution in [0.25, 0.3) is 0 Å². The lowest BCUT2D eigenvalue weighted by atomic mass is 10.2. The summed E-state index contributed by atoms with van der Waals surface area (Å²) in [5, 5.41) is 10.3. The van der Waals surface area contributed by atoms with Gasteiger partial charge in [0.25, 0.3) is 0 Å². The van der Waals surface area contributed by atoms with Gasteiger partial charge in [0, 0.05) is 0 Å². The molecule has 0 fully saturated rings. The largest absolute Gasteiger partial charge is 0.409 e. The van der Waals surface area contributed by atoms with Crippen LogP contribution in [-0.2, 0) is 0 Å². The lowest BCUT2D eigenvalue weighted by Gasteiger charge is -2.03. The summed E-state index contributed by atoms with van der Waals surface area (Å²) in [5.74, 6) is -2.24. The Kier molecular flexibility index (Phi) is 2.67. The smallest absolute Gasteiger partial charge is 0.174 e. The molecule has 0 saturated carbocycles. The minimum absolute atomic E-state index is 0.441. The fourth-order valence-electron chi connectivity index (χ4n) is 0.812. The van der Waals surface area contributed by atoms with Gasteiger partial charge >= 0.3 is 0 Å². The number of nitrogens with zero attached hydrogens (tertiary/aromatic N) is 1. The maximum atomic E-state index is 12.9. The number of amidine groups is 1. The first-order valence-electron chi connectivity index (χ1n) is 3.19. The summed E-state index contributed by atoms with van der Waals surface area (Å²) < 4.78 is 25.7. The molecular formula is C7H5ClF2N2O. The molecule has 0 unspecified atom stereocenters. The number of hydrogen-bond donors (Lipinski definition) is 2. The van der Waals surface area contributed by atoms with E-state index in [1.165, 1.54) is 0 Å². The summed E-state index contributed by atoms with van der Waals surface area (Å²) in [7, 11) is 0. The maximum Gasteiger partial charge on any atom is 0.174 e. The number of rotatable bonds is 1. The van der Waals surface area contributed by atoms with Crippen molar-refractivity contribution >= 4 is 17.4 Å². The summed E-state index contributed by atoms with van der Waals surface area (Å²) >= 11 is 5.39. The maximum absolute atomic E-state index is 12.9. The van der Waals surface area contributed by atoms with Gasteiger partial charge in [-0.15, -0.1) is 0 Å². The van der Waals surface area contributed by atoms with Crippen LogP contribution in [0.5, 0.6) is 0 Å². The molecule has 0 atom stereocenters. The van der Waals surface area contributed by atoms with E-state index < -0.39 is 28.1 Å². The molecule has 0 bridgehead atoms. The van der Waals surface area contributed by atoms with Crippen LogP contribution in [0.2, 0.25) is 5.02 Å². The van der Waals surface area contributed by atoms with E-state index in [4.69, 9.17) is 22.5 Å². The number of hydrogen-bond acceptors (Lipinski definition) is 2. The van der Waals surface area contributed by atoms with Crippen LogP contribution in [0.1, 0.15) is 5.56 Å². The van der Waals surface area contributed by atoms with Crippen molar-refractivity contribution in [2.45, 2.75) is 0 Å². The molecule has 0 aromatic heterocycles. The molecule has 0 radical (unpaired) electrons. The van der Waals surface area contributed by atoms with Gasteiger partial charge in [-0.05, 0) is 12.1 Å². The Morgan fingerprint density at radius 3 is 2.46 bits per heavy atom. The second-order valence-electron chi connectivity index (χ2n) is 2.20. The van der Waals surface area contributed by atoms with Gasteiger partial charge < -0.3 is 10.9 Å². The molecule has 13 heavy (non-hydrogen) atoms. The van der Waals surface area contributed by atoms with E-state index >= 15 is 0 Å². The van der Waals surface area contributed by atoms with Crippen molar-refractivity contribution in [1.29, 1.82) is 0 Å². The van der Waals surface area contributed by atoms with Gasteiger partial charge in [-0.2, -0.15) is 0 Å². The summed E-state index contributed by atoms with van der Waals surface area (Å²) in [6.07, 6.45) is 0. The topological polar surface area (TPSA) is 58.6 Å². The zero-order valence-electron chi connectivity index (χ0n) is 6.26. The highest BCUT2D eigenvalue weighted by atomic mass is 35.5. The van der Waals surface area contributed by atoms with Crippen molar-refractivity contribution in [3.63, 3.8) is 0 Å². The molecule has 0 spiro atoms. The van der Waals surface area contributed by atoms with E-state index in [2.05, 4.69) is 5.16 Å². The average molecular weight is 207 g/mol. The van der Waals surface area contributed by atoms with E-state index in [9.17, 15) is 8.78 Å². The van der Waals surface area contributed by atoms with Crippen molar-refractivity contribution in [2.24, 2.45) is 10.9 Å². The molecule has 0 heterocycles. The summed E-state index contributed by atoms with van der Waals surface area (Å²) in [6.45, 7) is 0. The molecule has 0 aliphatic heterocycles. The summed E-state index contributed by atoms with van der Waals surface area (Å²) in [4.78, 5) is 0. The van der Waals surface area contributed by atoms with Crippen molar-refractivity contribution in [2.75, 3.05) is 0 Å². The second kappa shape index (κ2) is 3.57. The average Bonchev–Trinajstić information content (AvgIpc) is 2.12. The van der Waals surface area contributed by atoms with Gasteiger partial charge in [0.2, 0.25) is 0 Å². The first-order valence-corrected chi connectivity index (χ1v) is 3.57. The highest BCUT2D eigenvalue weighted by molar-refractivity contribution is 6.34. The molecule has 0 aliphatic rings. The van der Waals surface area contributed by atoms with E-state index in [-0.39, 0.29) is 0 Å². The zero-order valence-corrected chi connectivity index (χ0v) is 7.02. The summed E-state index contributed by atoms with van der Waals surface area (Å²) in [6, 6.07) is 1.69. The molecular weight excluding hydrogens is 202 g/mol. The number of benzene rings is 1. The van der Waals surface area contributed by atoms with E-state index in [1.54, 1.807) is 0 Å². The van der Waals surface area contributed by atoms with Gasteiger partial charge in [-0.1, -0.05) is 16.8 Å². The lowest BCUT2D eigenvalue weighted by molar-refractivity contribution is 0.318. The van der Waals surface area contributed by atoms with Crippen LogP contribution in [-0.4, -0.2) is 11.0 Å². The number of halogens is 3. The van der Waals surface area contributed by atoms with E-state index in [0.717, 1.165) is 12.1 Å². The van der Waals surface area contributed by atoms with Gasteiger partial charge in [-0.3, -0.25) is 0 Å². The standard InChI is InChI=1S/C7H5ClF2N2O/c8-6-4(10)2-1-3(9)5(6)7(11)12-13/h1-2,13H,(H2,11,12). The molecule has 3 N–H and O–H groups in total. The lowest BCUT2D eigenvalue weighted by Crippen LogP contribution is -2.16. The van der Waals surface area contributed by atoms with Crippen LogP contribution >= 0.6 is 11.6 Å². The predicted octanol–water partition coefficient (Wildman–Crippen LogP) is 1.71. The highest BCUT2D eigenvalue weighted by Gasteiger charge is 2.15. The Hall–Kier alpha value is -1.36. The van der Waals surface area contributed by atoms with Crippen molar-refractivity contribution < 1.29 is 14.0 Å². The molecule has 0 saturated heterocycles. The summed E-state index contributed by atoms with van der Waals surface area (Å²) in [5.41, 5.74) is 4.63. The van der Waals surface area contributed by atoms with Crippen LogP contribution in [0.4, 0.5) is 8.78 Å². The molecule has 0 aliphatic carbocycles. The SMILES string of the molecule is N/C(=N/O)c1c(F)ccc(F)c1Cl. The van der Waals surface area contributed by atoms with Crippen LogP contribution in [0, 0.1) is 11.6 Å². The van der Waals surface area contributed by atoms with Crippen LogP contribution < -0.4 is 5.73 Å². The van der Waals surface area contributed by atoms with Crippen LogP contribution in [0.3, 0.4) is 0 Å². The Balaban J connectivity index is 3.42. The normalized spacial score (nSPS) is 11.8. The number of oxime groups is 1. The zero-order chi connectivity index (χ0) is 10.0. The Morgan fingerprint density at radius 2 is 1.92 bits per heavy atom. The molecule has 3 nitrogen and oxygen atoms in total. The Morgan fingerprint density at radius 1 is 1.38 bits per heavy atom. The first kappa shape index (κ1) is 9.73. The predicted molar refractivity (Wildman–Crippen MR) is 43.9 cm³/mol. The molecule has 0 amide bonds. The van der Waals surface area contributed by atoms with E-state index in [1.807, 2.05) is 0 Å². The van der Waals surface area contributed by atoms with Gasteiger partial charge in [0.1, 0.15) is 11.6 Å². The minimum atomic E-state index is -0.846. The van der Waals surface area contributed by atoms with Gasteiger partial charge in [0.05, 0.1) is 10.6 Å². The third kappa shape index (κ3) is 1.70. The van der Waals surface area contributed by atoms with Crippen LogP contribution in [0.15, 0.2) is 17.3 Å². The fraction of sp³-hybridized carbons (Fsp3) is 0. The highest BCUT2D eigenvalue weighted by Crippen LogP contribution is 2.22.